The monoisotopic (exact) mass is 379 g/mol. The van der Waals surface area contributed by atoms with Crippen LogP contribution in [0.4, 0.5) is 0 Å². The molecule has 1 atom stereocenters. The summed E-state index contributed by atoms with van der Waals surface area (Å²) in [6, 6.07) is 10.4. The predicted octanol–water partition coefficient (Wildman–Crippen LogP) is 3.43. The number of aromatic nitrogens is 2. The van der Waals surface area contributed by atoms with Crippen molar-refractivity contribution < 1.29 is 4.74 Å². The van der Waals surface area contributed by atoms with Crippen molar-refractivity contribution in [2.24, 2.45) is 4.99 Å². The molecule has 0 bridgehead atoms. The molecule has 0 fully saturated rings. The van der Waals surface area contributed by atoms with Crippen molar-refractivity contribution in [3.05, 3.63) is 65.1 Å². The number of rotatable bonds is 6. The quantitative estimate of drug-likeness (QED) is 0.509. The number of ether oxygens (including phenoxy) is 1. The van der Waals surface area contributed by atoms with E-state index in [1.807, 2.05) is 18.3 Å². The third-order valence-corrected chi connectivity index (χ3v) is 4.83. The Bertz CT molecular complexity index is 976. The average molecular weight is 380 g/mol. The fourth-order valence-corrected chi connectivity index (χ4v) is 3.30. The molecule has 0 saturated heterocycles. The maximum absolute atomic E-state index is 5.50. The minimum Gasteiger partial charge on any atom is -0.496 e. The Morgan fingerprint density at radius 1 is 1.29 bits per heavy atom. The number of imidazole rings is 1. The zero-order chi connectivity index (χ0) is 20.1. The van der Waals surface area contributed by atoms with E-state index >= 15 is 0 Å². The molecule has 0 radical (unpaired) electrons. The first-order valence-corrected chi connectivity index (χ1v) is 9.56. The van der Waals surface area contributed by atoms with Crippen LogP contribution in [0.2, 0.25) is 0 Å². The van der Waals surface area contributed by atoms with Crippen molar-refractivity contribution in [3.63, 3.8) is 0 Å². The number of nitrogens with one attached hydrogen (secondary N) is 2. The number of hydrogen-bond acceptors (Lipinski definition) is 3. The standard InChI is InChI=1S/C22H29N5O/c1-15-8-9-20(28-5)19(13-15)17(3)25-22(23-4)24-11-10-18-14-27-12-6-7-16(2)21(27)26-18/h6-9,12-14,17H,10-11H2,1-5H3,(H2,23,24,25). The summed E-state index contributed by atoms with van der Waals surface area (Å²) >= 11 is 0. The number of guanidine groups is 1. The Labute approximate surface area is 166 Å². The highest BCUT2D eigenvalue weighted by Crippen LogP contribution is 2.25. The van der Waals surface area contributed by atoms with Gasteiger partial charge in [-0.3, -0.25) is 4.99 Å². The van der Waals surface area contributed by atoms with Gasteiger partial charge in [-0.05, 0) is 38.5 Å². The molecule has 0 amide bonds. The van der Waals surface area contributed by atoms with Crippen LogP contribution in [0, 0.1) is 13.8 Å². The normalized spacial score (nSPS) is 12.8. The van der Waals surface area contributed by atoms with Crippen molar-refractivity contribution in [1.29, 1.82) is 0 Å². The van der Waals surface area contributed by atoms with E-state index in [2.05, 4.69) is 65.2 Å². The molecule has 6 heteroatoms. The first kappa shape index (κ1) is 19.7. The van der Waals surface area contributed by atoms with Crippen molar-refractivity contribution >= 4 is 11.6 Å². The van der Waals surface area contributed by atoms with E-state index < -0.39 is 0 Å². The highest BCUT2D eigenvalue weighted by Gasteiger charge is 2.13. The Morgan fingerprint density at radius 3 is 2.82 bits per heavy atom. The molecular weight excluding hydrogens is 350 g/mol. The van der Waals surface area contributed by atoms with Crippen LogP contribution in [0.1, 0.15) is 35.3 Å². The number of nitrogens with zero attached hydrogens (tertiary/aromatic N) is 3. The average Bonchev–Trinajstić information content (AvgIpc) is 3.11. The zero-order valence-corrected chi connectivity index (χ0v) is 17.3. The lowest BCUT2D eigenvalue weighted by molar-refractivity contribution is 0.405. The van der Waals surface area contributed by atoms with Crippen molar-refractivity contribution in [1.82, 2.24) is 20.0 Å². The van der Waals surface area contributed by atoms with E-state index in [0.717, 1.165) is 41.6 Å². The van der Waals surface area contributed by atoms with Gasteiger partial charge in [-0.25, -0.2) is 4.98 Å². The predicted molar refractivity (Wildman–Crippen MR) is 114 cm³/mol. The Morgan fingerprint density at radius 2 is 2.11 bits per heavy atom. The first-order valence-electron chi connectivity index (χ1n) is 9.56. The molecule has 1 aromatic carbocycles. The fraction of sp³-hybridized carbons (Fsp3) is 0.364. The largest absolute Gasteiger partial charge is 0.496 e. The summed E-state index contributed by atoms with van der Waals surface area (Å²) in [7, 11) is 3.48. The van der Waals surface area contributed by atoms with Crippen LogP contribution in [0.5, 0.6) is 5.75 Å². The Kier molecular flexibility index (Phi) is 6.19. The topological polar surface area (TPSA) is 63.0 Å². The van der Waals surface area contributed by atoms with Gasteiger partial charge in [0.2, 0.25) is 0 Å². The van der Waals surface area contributed by atoms with Gasteiger partial charge in [0.25, 0.3) is 0 Å². The van der Waals surface area contributed by atoms with Crippen molar-refractivity contribution in [2.75, 3.05) is 20.7 Å². The van der Waals surface area contributed by atoms with E-state index in [9.17, 15) is 0 Å². The van der Waals surface area contributed by atoms with E-state index in [-0.39, 0.29) is 6.04 Å². The van der Waals surface area contributed by atoms with Crippen LogP contribution in [0.15, 0.2) is 47.7 Å². The maximum Gasteiger partial charge on any atom is 0.191 e. The number of methoxy groups -OCH3 is 1. The molecule has 0 aliphatic rings. The Balaban J connectivity index is 1.60. The van der Waals surface area contributed by atoms with Gasteiger partial charge in [0.1, 0.15) is 11.4 Å². The molecular formula is C22H29N5O. The molecule has 1 unspecified atom stereocenters. The molecule has 2 aromatic heterocycles. The van der Waals surface area contributed by atoms with Crippen molar-refractivity contribution in [2.45, 2.75) is 33.2 Å². The highest BCUT2D eigenvalue weighted by atomic mass is 16.5. The zero-order valence-electron chi connectivity index (χ0n) is 17.3. The maximum atomic E-state index is 5.50. The SMILES string of the molecule is CN=C(NCCc1cn2cccc(C)c2n1)NC(C)c1cc(C)ccc1OC. The molecule has 28 heavy (non-hydrogen) atoms. The lowest BCUT2D eigenvalue weighted by Crippen LogP contribution is -2.39. The van der Waals surface area contributed by atoms with E-state index in [0.29, 0.717) is 0 Å². The minimum absolute atomic E-state index is 0.0684. The Hall–Kier alpha value is -3.02. The summed E-state index contributed by atoms with van der Waals surface area (Å²) in [5.41, 5.74) is 5.57. The van der Waals surface area contributed by atoms with Crippen LogP contribution >= 0.6 is 0 Å². The fourth-order valence-electron chi connectivity index (χ4n) is 3.30. The summed E-state index contributed by atoms with van der Waals surface area (Å²) in [5, 5.41) is 6.82. The first-order chi connectivity index (χ1) is 13.5. The van der Waals surface area contributed by atoms with Gasteiger partial charge in [0.15, 0.2) is 5.96 Å². The van der Waals surface area contributed by atoms with E-state index in [4.69, 9.17) is 9.72 Å². The van der Waals surface area contributed by atoms with E-state index in [1.165, 1.54) is 11.1 Å². The lowest BCUT2D eigenvalue weighted by Gasteiger charge is -2.20. The summed E-state index contributed by atoms with van der Waals surface area (Å²) < 4.78 is 7.58. The second-order valence-corrected chi connectivity index (χ2v) is 7.01. The van der Waals surface area contributed by atoms with Gasteiger partial charge in [-0.15, -0.1) is 0 Å². The van der Waals surface area contributed by atoms with Crippen LogP contribution in [0.3, 0.4) is 0 Å². The van der Waals surface area contributed by atoms with E-state index in [1.54, 1.807) is 14.2 Å². The third kappa shape index (κ3) is 4.44. The highest BCUT2D eigenvalue weighted by molar-refractivity contribution is 5.80. The van der Waals surface area contributed by atoms with Gasteiger partial charge < -0.3 is 19.8 Å². The number of fused-ring (bicyclic) bond motifs is 1. The molecule has 2 N–H and O–H groups in total. The number of aryl methyl sites for hydroxylation is 2. The number of hydrogen-bond donors (Lipinski definition) is 2. The summed E-state index contributed by atoms with van der Waals surface area (Å²) in [5.74, 6) is 1.64. The molecule has 6 nitrogen and oxygen atoms in total. The van der Waals surface area contributed by atoms with Gasteiger partial charge in [0, 0.05) is 38.0 Å². The molecule has 3 rings (SSSR count). The number of pyridine rings is 1. The molecule has 3 aromatic rings. The van der Waals surface area contributed by atoms with Crippen LogP contribution < -0.4 is 15.4 Å². The van der Waals surface area contributed by atoms with Gasteiger partial charge in [-0.1, -0.05) is 23.8 Å². The lowest BCUT2D eigenvalue weighted by atomic mass is 10.0. The van der Waals surface area contributed by atoms with Crippen LogP contribution in [-0.2, 0) is 6.42 Å². The van der Waals surface area contributed by atoms with Gasteiger partial charge >= 0.3 is 0 Å². The summed E-state index contributed by atoms with van der Waals surface area (Å²) in [4.78, 5) is 9.07. The summed E-state index contributed by atoms with van der Waals surface area (Å²) in [6.07, 6.45) is 4.94. The molecule has 0 spiro atoms. The summed E-state index contributed by atoms with van der Waals surface area (Å²) in [6.45, 7) is 7.02. The molecule has 2 heterocycles. The minimum atomic E-state index is 0.0684. The third-order valence-electron chi connectivity index (χ3n) is 4.83. The van der Waals surface area contributed by atoms with Crippen LogP contribution in [-0.4, -0.2) is 36.0 Å². The smallest absolute Gasteiger partial charge is 0.191 e. The number of aliphatic imine (C=N–C) groups is 1. The van der Waals surface area contributed by atoms with Crippen LogP contribution in [0.25, 0.3) is 5.65 Å². The number of benzene rings is 1. The second kappa shape index (κ2) is 8.78. The second-order valence-electron chi connectivity index (χ2n) is 7.01. The van der Waals surface area contributed by atoms with Gasteiger partial charge in [0.05, 0.1) is 18.8 Å². The molecule has 0 saturated carbocycles. The molecule has 0 aliphatic heterocycles. The molecule has 0 aliphatic carbocycles. The van der Waals surface area contributed by atoms with Gasteiger partial charge in [-0.2, -0.15) is 0 Å². The van der Waals surface area contributed by atoms with Crippen molar-refractivity contribution in [3.8, 4) is 5.75 Å². The molecule has 148 valence electrons.